The third kappa shape index (κ3) is 4.88. The first-order valence-electron chi connectivity index (χ1n) is 12.8. The molecular formula is C29H36N2O4. The van der Waals surface area contributed by atoms with Crippen LogP contribution >= 0.6 is 0 Å². The third-order valence-electron chi connectivity index (χ3n) is 7.97. The summed E-state index contributed by atoms with van der Waals surface area (Å²) in [5, 5.41) is 12.3. The summed E-state index contributed by atoms with van der Waals surface area (Å²) in [6, 6.07) is 18.8. The first-order valence-corrected chi connectivity index (χ1v) is 12.8. The summed E-state index contributed by atoms with van der Waals surface area (Å²) in [6.07, 6.45) is 3.44. The normalized spacial score (nSPS) is 27.7. The number of H-pyrrole nitrogens is 1. The molecule has 5 rings (SSSR count). The summed E-state index contributed by atoms with van der Waals surface area (Å²) < 4.78 is 11.7. The summed E-state index contributed by atoms with van der Waals surface area (Å²) in [6.45, 7) is 3.93. The molecule has 2 N–H and O–H groups in total. The molecule has 2 aromatic carbocycles. The van der Waals surface area contributed by atoms with E-state index in [2.05, 4.69) is 52.3 Å². The highest BCUT2D eigenvalue weighted by Gasteiger charge is 2.43. The Kier molecular flexibility index (Phi) is 6.96. The second kappa shape index (κ2) is 10.1. The molecule has 3 heterocycles. The van der Waals surface area contributed by atoms with Crippen molar-refractivity contribution in [1.29, 1.82) is 0 Å². The fourth-order valence-corrected chi connectivity index (χ4v) is 5.98. The van der Waals surface area contributed by atoms with Gasteiger partial charge in [0.1, 0.15) is 6.23 Å². The molecule has 0 radical (unpaired) electrons. The Hall–Kier alpha value is -2.67. The fraction of sp³-hybridized carbons (Fsp3) is 0.483. The molecule has 6 nitrogen and oxygen atoms in total. The fourth-order valence-electron chi connectivity index (χ4n) is 5.98. The molecule has 6 heteroatoms. The average molecular weight is 477 g/mol. The molecule has 1 aromatic heterocycles. The SMILES string of the molecule is CCC1(O)CO[C@@H]2[C@H](CCC(C(=O)OC)c3[nH]c4ccccc4c3CCN2Cc2ccccc2)C1. The lowest BCUT2D eigenvalue weighted by atomic mass is 9.80. The van der Waals surface area contributed by atoms with Gasteiger partial charge in [0.15, 0.2) is 0 Å². The Morgan fingerprint density at radius 2 is 1.94 bits per heavy atom. The molecule has 0 spiro atoms. The van der Waals surface area contributed by atoms with Gasteiger partial charge < -0.3 is 19.6 Å². The van der Waals surface area contributed by atoms with Gasteiger partial charge in [-0.05, 0) is 49.3 Å². The van der Waals surface area contributed by atoms with Gasteiger partial charge in [0.2, 0.25) is 0 Å². The molecule has 1 fully saturated rings. The van der Waals surface area contributed by atoms with Gasteiger partial charge in [-0.2, -0.15) is 0 Å². The second-order valence-electron chi connectivity index (χ2n) is 10.2. The number of methoxy groups -OCH3 is 1. The van der Waals surface area contributed by atoms with E-state index in [4.69, 9.17) is 9.47 Å². The number of aliphatic hydroxyl groups is 1. The molecule has 4 atom stereocenters. The van der Waals surface area contributed by atoms with Gasteiger partial charge in [-0.3, -0.25) is 9.69 Å². The largest absolute Gasteiger partial charge is 0.469 e. The minimum Gasteiger partial charge on any atom is -0.469 e. The van der Waals surface area contributed by atoms with Crippen molar-refractivity contribution in [1.82, 2.24) is 9.88 Å². The van der Waals surface area contributed by atoms with E-state index in [1.807, 2.05) is 19.1 Å². The molecule has 3 aromatic rings. The van der Waals surface area contributed by atoms with Crippen molar-refractivity contribution in [3.8, 4) is 0 Å². The van der Waals surface area contributed by atoms with Crippen LogP contribution < -0.4 is 0 Å². The molecule has 0 amide bonds. The Balaban J connectivity index is 1.55. The van der Waals surface area contributed by atoms with Gasteiger partial charge in [-0.1, -0.05) is 55.5 Å². The van der Waals surface area contributed by atoms with Gasteiger partial charge in [0.05, 0.1) is 25.2 Å². The number of ether oxygens (including phenoxy) is 2. The van der Waals surface area contributed by atoms with Crippen molar-refractivity contribution < 1.29 is 19.4 Å². The van der Waals surface area contributed by atoms with E-state index in [0.29, 0.717) is 25.9 Å². The number of esters is 1. The highest BCUT2D eigenvalue weighted by molar-refractivity contribution is 5.88. The summed E-state index contributed by atoms with van der Waals surface area (Å²) in [7, 11) is 1.47. The van der Waals surface area contributed by atoms with E-state index in [-0.39, 0.29) is 24.0 Å². The summed E-state index contributed by atoms with van der Waals surface area (Å²) in [5.41, 5.74) is 3.63. The quantitative estimate of drug-likeness (QED) is 0.531. The van der Waals surface area contributed by atoms with Crippen LogP contribution in [0.3, 0.4) is 0 Å². The highest BCUT2D eigenvalue weighted by Crippen LogP contribution is 2.40. The maximum atomic E-state index is 13.0. The van der Waals surface area contributed by atoms with E-state index in [9.17, 15) is 9.90 Å². The number of rotatable bonds is 4. The lowest BCUT2D eigenvalue weighted by Gasteiger charge is -2.46. The zero-order chi connectivity index (χ0) is 24.4. The van der Waals surface area contributed by atoms with Gasteiger partial charge in [0.25, 0.3) is 0 Å². The molecule has 186 valence electrons. The molecule has 1 saturated heterocycles. The van der Waals surface area contributed by atoms with Crippen molar-refractivity contribution >= 4 is 16.9 Å². The Bertz CT molecular complexity index is 1160. The maximum absolute atomic E-state index is 13.0. The van der Waals surface area contributed by atoms with E-state index in [1.165, 1.54) is 18.2 Å². The second-order valence-corrected chi connectivity index (χ2v) is 10.2. The van der Waals surface area contributed by atoms with Gasteiger partial charge in [-0.15, -0.1) is 0 Å². The minimum absolute atomic E-state index is 0.105. The number of nitrogens with zero attached hydrogens (tertiary/aromatic N) is 1. The van der Waals surface area contributed by atoms with E-state index < -0.39 is 5.60 Å². The molecule has 0 aliphatic carbocycles. The molecule has 0 bridgehead atoms. The van der Waals surface area contributed by atoms with E-state index in [0.717, 1.165) is 42.5 Å². The van der Waals surface area contributed by atoms with E-state index in [1.54, 1.807) is 0 Å². The summed E-state index contributed by atoms with van der Waals surface area (Å²) >= 11 is 0. The number of aromatic amines is 1. The Labute approximate surface area is 207 Å². The molecule has 2 unspecified atom stereocenters. The molecule has 2 aliphatic rings. The van der Waals surface area contributed by atoms with Crippen molar-refractivity contribution in [2.45, 2.75) is 63.3 Å². The number of fused-ring (bicyclic) bond motifs is 4. The Morgan fingerprint density at radius 1 is 1.17 bits per heavy atom. The lowest BCUT2D eigenvalue weighted by Crippen LogP contribution is -2.53. The number of carbonyl (C=O) groups excluding carboxylic acids is 1. The van der Waals surface area contributed by atoms with Gasteiger partial charge in [0, 0.05) is 35.6 Å². The number of benzene rings is 2. The van der Waals surface area contributed by atoms with Crippen LogP contribution in [0.1, 0.15) is 55.3 Å². The van der Waals surface area contributed by atoms with Crippen LogP contribution in [0, 0.1) is 5.92 Å². The van der Waals surface area contributed by atoms with Gasteiger partial charge in [-0.25, -0.2) is 0 Å². The minimum atomic E-state index is -0.823. The van der Waals surface area contributed by atoms with E-state index >= 15 is 0 Å². The standard InChI is InChI=1S/C29H36N2O4/c1-3-29(33)17-21-13-14-24(28(32)34-2)26-23(22-11-7-8-12-25(22)30-26)15-16-31(27(21)35-19-29)18-20-9-5-4-6-10-20/h4-12,21,24,27,30,33H,3,13-19H2,1-2H3/t21-,24?,27-,29?/m1/s1. The number of hydrogen-bond acceptors (Lipinski definition) is 5. The third-order valence-corrected chi connectivity index (χ3v) is 7.97. The number of nitrogens with one attached hydrogen (secondary N) is 1. The number of carbonyl (C=O) groups is 1. The zero-order valence-electron chi connectivity index (χ0n) is 20.7. The molecular weight excluding hydrogens is 440 g/mol. The molecule has 0 saturated carbocycles. The average Bonchev–Trinajstić information content (AvgIpc) is 3.25. The first kappa shape index (κ1) is 24.0. The number of para-hydroxylation sites is 1. The summed E-state index contributed by atoms with van der Waals surface area (Å²) in [5.74, 6) is -0.450. The Morgan fingerprint density at radius 3 is 2.71 bits per heavy atom. The highest BCUT2D eigenvalue weighted by atomic mass is 16.5. The van der Waals surface area contributed by atoms with Crippen molar-refractivity contribution in [2.24, 2.45) is 5.92 Å². The smallest absolute Gasteiger partial charge is 0.314 e. The van der Waals surface area contributed by atoms with Crippen LogP contribution in [-0.2, 0) is 27.2 Å². The summed E-state index contributed by atoms with van der Waals surface area (Å²) in [4.78, 5) is 19.0. The zero-order valence-corrected chi connectivity index (χ0v) is 20.7. The predicted octanol–water partition coefficient (Wildman–Crippen LogP) is 4.77. The topological polar surface area (TPSA) is 74.8 Å². The predicted molar refractivity (Wildman–Crippen MR) is 136 cm³/mol. The van der Waals surface area contributed by atoms with Crippen molar-refractivity contribution in [3.05, 3.63) is 71.4 Å². The van der Waals surface area contributed by atoms with Crippen molar-refractivity contribution in [2.75, 3.05) is 20.3 Å². The van der Waals surface area contributed by atoms with Crippen LogP contribution in [0.2, 0.25) is 0 Å². The van der Waals surface area contributed by atoms with Crippen LogP contribution in [0.15, 0.2) is 54.6 Å². The molecule has 2 aliphatic heterocycles. The number of hydrogen-bond donors (Lipinski definition) is 2. The monoisotopic (exact) mass is 476 g/mol. The lowest BCUT2D eigenvalue weighted by molar-refractivity contribution is -0.199. The van der Waals surface area contributed by atoms with Crippen LogP contribution in [0.5, 0.6) is 0 Å². The van der Waals surface area contributed by atoms with Crippen molar-refractivity contribution in [3.63, 3.8) is 0 Å². The van der Waals surface area contributed by atoms with Gasteiger partial charge >= 0.3 is 5.97 Å². The first-order chi connectivity index (χ1) is 17.0. The van der Waals surface area contributed by atoms with Crippen LogP contribution in [0.25, 0.3) is 10.9 Å². The van der Waals surface area contributed by atoms with Crippen LogP contribution in [0.4, 0.5) is 0 Å². The molecule has 35 heavy (non-hydrogen) atoms. The maximum Gasteiger partial charge on any atom is 0.314 e. The number of aromatic nitrogens is 1. The van der Waals surface area contributed by atoms with Crippen LogP contribution in [-0.4, -0.2) is 53.1 Å².